The number of phosphoric ester groups is 1. The summed E-state index contributed by atoms with van der Waals surface area (Å²) < 4.78 is 33.0. The zero-order valence-corrected chi connectivity index (χ0v) is 33.4. The lowest BCUT2D eigenvalue weighted by Crippen LogP contribution is -2.29. The van der Waals surface area contributed by atoms with Crippen LogP contribution in [0.1, 0.15) is 162 Å². The van der Waals surface area contributed by atoms with Gasteiger partial charge in [-0.2, -0.15) is 0 Å². The number of allylic oxidation sites excluding steroid dienone is 8. The van der Waals surface area contributed by atoms with Crippen LogP contribution in [0.15, 0.2) is 48.6 Å². The van der Waals surface area contributed by atoms with Crippen molar-refractivity contribution in [2.45, 2.75) is 168 Å². The van der Waals surface area contributed by atoms with Crippen LogP contribution in [0, 0.1) is 0 Å². The van der Waals surface area contributed by atoms with Crippen LogP contribution in [-0.4, -0.2) is 56.3 Å². The number of esters is 2. The molecule has 0 fully saturated rings. The molecule has 0 rings (SSSR count). The third kappa shape index (κ3) is 37.5. The zero-order valence-electron chi connectivity index (χ0n) is 32.5. The van der Waals surface area contributed by atoms with Gasteiger partial charge >= 0.3 is 19.8 Å². The van der Waals surface area contributed by atoms with Crippen LogP contribution in [-0.2, 0) is 32.7 Å². The van der Waals surface area contributed by atoms with E-state index in [2.05, 4.69) is 67.8 Å². The summed E-state index contributed by atoms with van der Waals surface area (Å²) in [6.45, 7) is 4.12. The highest BCUT2D eigenvalue weighted by Crippen LogP contribution is 2.43. The van der Waals surface area contributed by atoms with Gasteiger partial charge in [0.05, 0.1) is 13.2 Å². The Morgan fingerprint density at radius 1 is 0.608 bits per heavy atom. The number of nitrogens with one attached hydrogen (secondary N) is 1. The number of carbonyl (C=O) groups is 2. The molecule has 0 amide bonds. The van der Waals surface area contributed by atoms with Crippen LogP contribution in [0.4, 0.5) is 0 Å². The topological polar surface area (TPSA) is 120 Å². The van der Waals surface area contributed by atoms with Crippen LogP contribution in [0.3, 0.4) is 0 Å². The Labute approximate surface area is 311 Å². The van der Waals surface area contributed by atoms with Gasteiger partial charge < -0.3 is 19.7 Å². The van der Waals surface area contributed by atoms with E-state index in [1.54, 1.807) is 7.05 Å². The molecule has 0 aromatic rings. The fourth-order valence-corrected chi connectivity index (χ4v) is 5.88. The van der Waals surface area contributed by atoms with E-state index in [1.165, 1.54) is 77.0 Å². The van der Waals surface area contributed by atoms with Crippen molar-refractivity contribution in [1.82, 2.24) is 5.32 Å². The molecule has 296 valence electrons. The molecule has 0 aliphatic rings. The third-order valence-electron chi connectivity index (χ3n) is 8.20. The molecule has 0 aromatic carbocycles. The number of carbonyl (C=O) groups excluding carboxylic acids is 2. The van der Waals surface area contributed by atoms with Gasteiger partial charge in [0.2, 0.25) is 0 Å². The molecular formula is C41H74NO8P. The lowest BCUT2D eigenvalue weighted by Gasteiger charge is -2.20. The maximum absolute atomic E-state index is 12.6. The summed E-state index contributed by atoms with van der Waals surface area (Å²) in [7, 11) is -2.66. The van der Waals surface area contributed by atoms with Crippen molar-refractivity contribution in [3.05, 3.63) is 48.6 Å². The Morgan fingerprint density at radius 3 is 1.63 bits per heavy atom. The normalized spacial score (nSPS) is 13.9. The number of phosphoric acid groups is 1. The van der Waals surface area contributed by atoms with Crippen molar-refractivity contribution >= 4 is 19.8 Å². The van der Waals surface area contributed by atoms with Crippen LogP contribution in [0.25, 0.3) is 0 Å². The highest BCUT2D eigenvalue weighted by atomic mass is 31.2. The molecule has 9 nitrogen and oxygen atoms in total. The highest BCUT2D eigenvalue weighted by molar-refractivity contribution is 7.47. The Morgan fingerprint density at radius 2 is 1.08 bits per heavy atom. The molecule has 0 radical (unpaired) electrons. The lowest BCUT2D eigenvalue weighted by molar-refractivity contribution is -0.161. The summed E-state index contributed by atoms with van der Waals surface area (Å²) in [6, 6.07) is 0. The number of ether oxygens (including phenoxy) is 2. The Bertz CT molecular complexity index is 981. The zero-order chi connectivity index (χ0) is 37.5. The van der Waals surface area contributed by atoms with Gasteiger partial charge in [0.15, 0.2) is 6.10 Å². The summed E-state index contributed by atoms with van der Waals surface area (Å²) in [4.78, 5) is 34.9. The second-order valence-electron chi connectivity index (χ2n) is 13.1. The summed E-state index contributed by atoms with van der Waals surface area (Å²) in [6.07, 6.45) is 40.2. The Hall–Kier alpha value is -2.03. The molecule has 10 heteroatoms. The van der Waals surface area contributed by atoms with Gasteiger partial charge in [0.1, 0.15) is 6.61 Å². The number of hydrogen-bond acceptors (Lipinski definition) is 8. The monoisotopic (exact) mass is 740 g/mol. The molecule has 0 heterocycles. The van der Waals surface area contributed by atoms with Crippen LogP contribution in [0.2, 0.25) is 0 Å². The van der Waals surface area contributed by atoms with Gasteiger partial charge in [-0.05, 0) is 58.4 Å². The van der Waals surface area contributed by atoms with E-state index in [4.69, 9.17) is 18.5 Å². The van der Waals surface area contributed by atoms with E-state index in [9.17, 15) is 19.0 Å². The maximum Gasteiger partial charge on any atom is 0.472 e. The van der Waals surface area contributed by atoms with Gasteiger partial charge in [-0.25, -0.2) is 4.57 Å². The molecule has 0 saturated heterocycles. The fourth-order valence-electron chi connectivity index (χ4n) is 5.13. The number of rotatable bonds is 37. The first kappa shape index (κ1) is 49.0. The molecule has 2 unspecified atom stereocenters. The Balaban J connectivity index is 4.36. The molecule has 2 atom stereocenters. The first-order valence-corrected chi connectivity index (χ1v) is 21.6. The van der Waals surface area contributed by atoms with Crippen molar-refractivity contribution in [2.24, 2.45) is 0 Å². The SMILES string of the molecule is CCCCC/C=C\C/C=C\C/C=C\C/C=C\CCCC(=O)OCC(COP(=O)(O)OCCNC)OC(=O)CCCCCCCCCCCCCC. The average molecular weight is 740 g/mol. The largest absolute Gasteiger partial charge is 0.472 e. The molecule has 0 aliphatic carbocycles. The van der Waals surface area contributed by atoms with Crippen LogP contribution >= 0.6 is 7.82 Å². The van der Waals surface area contributed by atoms with E-state index in [0.29, 0.717) is 19.4 Å². The standard InChI is InChI=1S/C41H74NO8P/c1-4-6-8-10-12-14-16-18-19-20-21-22-24-25-27-29-31-33-40(43)47-37-39(38-49-51(45,46)48-36-35-42-3)50-41(44)34-32-30-28-26-23-17-15-13-11-9-7-5-2/h12,14,18-19,21-22,25,27,39,42H,4-11,13,15-17,20,23-24,26,28-38H2,1-3H3,(H,45,46)/b14-12-,19-18-,22-21-,27-25-. The predicted molar refractivity (Wildman–Crippen MR) is 211 cm³/mol. The minimum absolute atomic E-state index is 0.0257. The lowest BCUT2D eigenvalue weighted by atomic mass is 10.0. The fraction of sp³-hybridized carbons (Fsp3) is 0.756. The molecule has 2 N–H and O–H groups in total. The van der Waals surface area contributed by atoms with Crippen molar-refractivity contribution in [1.29, 1.82) is 0 Å². The highest BCUT2D eigenvalue weighted by Gasteiger charge is 2.26. The molecule has 0 saturated carbocycles. The van der Waals surface area contributed by atoms with Gasteiger partial charge in [-0.3, -0.25) is 18.6 Å². The smallest absolute Gasteiger partial charge is 0.462 e. The minimum atomic E-state index is -4.35. The van der Waals surface area contributed by atoms with E-state index in [1.807, 2.05) is 0 Å². The van der Waals surface area contributed by atoms with Crippen LogP contribution < -0.4 is 5.32 Å². The molecular weight excluding hydrogens is 665 g/mol. The minimum Gasteiger partial charge on any atom is -0.462 e. The summed E-state index contributed by atoms with van der Waals surface area (Å²) >= 11 is 0. The second kappa shape index (κ2) is 37.7. The number of hydrogen-bond donors (Lipinski definition) is 2. The molecule has 0 aromatic heterocycles. The van der Waals surface area contributed by atoms with E-state index >= 15 is 0 Å². The van der Waals surface area contributed by atoms with Gasteiger partial charge in [0.25, 0.3) is 0 Å². The van der Waals surface area contributed by atoms with Crippen molar-refractivity contribution in [2.75, 3.05) is 33.4 Å². The molecule has 0 spiro atoms. The van der Waals surface area contributed by atoms with Crippen LogP contribution in [0.5, 0.6) is 0 Å². The van der Waals surface area contributed by atoms with E-state index < -0.39 is 32.5 Å². The molecule has 0 aliphatic heterocycles. The van der Waals surface area contributed by atoms with E-state index in [-0.39, 0.29) is 26.1 Å². The third-order valence-corrected chi connectivity index (χ3v) is 9.19. The number of likely N-dealkylation sites (N-methyl/N-ethyl adjacent to an activating group) is 1. The molecule has 0 bridgehead atoms. The van der Waals surface area contributed by atoms with Gasteiger partial charge in [0, 0.05) is 19.4 Å². The van der Waals surface area contributed by atoms with E-state index in [0.717, 1.165) is 44.9 Å². The predicted octanol–water partition coefficient (Wildman–Crippen LogP) is 11.0. The maximum atomic E-state index is 12.6. The van der Waals surface area contributed by atoms with Gasteiger partial charge in [-0.1, -0.05) is 146 Å². The Kier molecular flexibility index (Phi) is 36.2. The summed E-state index contributed by atoms with van der Waals surface area (Å²) in [5.41, 5.74) is 0. The first-order chi connectivity index (χ1) is 24.8. The second-order valence-corrected chi connectivity index (χ2v) is 14.6. The van der Waals surface area contributed by atoms with Crippen molar-refractivity contribution in [3.8, 4) is 0 Å². The number of unbranched alkanes of at least 4 members (excludes halogenated alkanes) is 15. The first-order valence-electron chi connectivity index (χ1n) is 20.1. The average Bonchev–Trinajstić information content (AvgIpc) is 3.11. The quantitative estimate of drug-likeness (QED) is 0.0277. The summed E-state index contributed by atoms with van der Waals surface area (Å²) in [5, 5.41) is 2.81. The summed E-state index contributed by atoms with van der Waals surface area (Å²) in [5.74, 6) is -0.874. The van der Waals surface area contributed by atoms with Crippen molar-refractivity contribution in [3.63, 3.8) is 0 Å². The van der Waals surface area contributed by atoms with Crippen molar-refractivity contribution < 1.29 is 37.6 Å². The van der Waals surface area contributed by atoms with Gasteiger partial charge in [-0.15, -0.1) is 0 Å². The molecule has 51 heavy (non-hydrogen) atoms.